The summed E-state index contributed by atoms with van der Waals surface area (Å²) in [4.78, 5) is 12.2. The number of amides is 1. The van der Waals surface area contributed by atoms with Crippen molar-refractivity contribution in [2.24, 2.45) is 0 Å². The number of para-hydroxylation sites is 1. The summed E-state index contributed by atoms with van der Waals surface area (Å²) in [6.45, 7) is 7.58. The van der Waals surface area contributed by atoms with Gasteiger partial charge in [0.15, 0.2) is 0 Å². The number of carbonyl (C=O) groups excluding carboxylic acids is 1. The van der Waals surface area contributed by atoms with Crippen molar-refractivity contribution in [3.8, 4) is 5.75 Å². The predicted octanol–water partition coefficient (Wildman–Crippen LogP) is 4.45. The molecule has 128 valence electrons. The van der Waals surface area contributed by atoms with Gasteiger partial charge >= 0.3 is 0 Å². The summed E-state index contributed by atoms with van der Waals surface area (Å²) in [5.41, 5.74) is 4.27. The van der Waals surface area contributed by atoms with E-state index in [2.05, 4.69) is 25.2 Å². The van der Waals surface area contributed by atoms with Crippen LogP contribution in [0.3, 0.4) is 0 Å². The van der Waals surface area contributed by atoms with Gasteiger partial charge in [0.1, 0.15) is 5.75 Å². The van der Waals surface area contributed by atoms with Crippen LogP contribution in [0.1, 0.15) is 46.8 Å². The summed E-state index contributed by atoms with van der Waals surface area (Å²) in [6, 6.07) is 13.9. The molecule has 0 radical (unpaired) electrons. The lowest BCUT2D eigenvalue weighted by Gasteiger charge is -2.11. The molecule has 2 aromatic rings. The quantitative estimate of drug-likeness (QED) is 0.728. The van der Waals surface area contributed by atoms with Gasteiger partial charge in [0.05, 0.1) is 6.61 Å². The summed E-state index contributed by atoms with van der Waals surface area (Å²) in [7, 11) is 0. The standard InChI is InChI=1S/C21H27NO2/c1-4-14-24-20-10-6-5-8-18(20)9-7-13-22-21(23)19-12-11-16(2)17(3)15-19/h5-6,8,10-12,15H,4,7,9,13-14H2,1-3H3,(H,22,23). The molecule has 1 N–H and O–H groups in total. The number of nitrogens with one attached hydrogen (secondary N) is 1. The molecule has 0 unspecified atom stereocenters. The van der Waals surface area contributed by atoms with Gasteiger partial charge in [-0.2, -0.15) is 0 Å². The first kappa shape index (κ1) is 18.1. The van der Waals surface area contributed by atoms with E-state index in [1.165, 1.54) is 11.1 Å². The van der Waals surface area contributed by atoms with Crippen molar-refractivity contribution in [2.75, 3.05) is 13.2 Å². The highest BCUT2D eigenvalue weighted by atomic mass is 16.5. The van der Waals surface area contributed by atoms with Crippen LogP contribution in [0.25, 0.3) is 0 Å². The molecule has 0 heterocycles. The van der Waals surface area contributed by atoms with Crippen LogP contribution in [0.15, 0.2) is 42.5 Å². The van der Waals surface area contributed by atoms with Gasteiger partial charge in [-0.25, -0.2) is 0 Å². The highest BCUT2D eigenvalue weighted by molar-refractivity contribution is 5.94. The molecule has 0 saturated heterocycles. The van der Waals surface area contributed by atoms with Crippen LogP contribution < -0.4 is 10.1 Å². The third kappa shape index (κ3) is 5.12. The molecule has 0 saturated carbocycles. The average molecular weight is 325 g/mol. The van der Waals surface area contributed by atoms with E-state index >= 15 is 0 Å². The number of aryl methyl sites for hydroxylation is 3. The van der Waals surface area contributed by atoms with E-state index in [4.69, 9.17) is 4.74 Å². The Morgan fingerprint density at radius 1 is 1.08 bits per heavy atom. The molecule has 0 aliphatic rings. The number of benzene rings is 2. The van der Waals surface area contributed by atoms with Crippen molar-refractivity contribution in [1.82, 2.24) is 5.32 Å². The lowest BCUT2D eigenvalue weighted by molar-refractivity contribution is 0.0953. The van der Waals surface area contributed by atoms with Crippen LogP contribution in [0.5, 0.6) is 5.75 Å². The van der Waals surface area contributed by atoms with Crippen molar-refractivity contribution in [2.45, 2.75) is 40.0 Å². The lowest BCUT2D eigenvalue weighted by Crippen LogP contribution is -2.24. The second kappa shape index (κ2) is 9.11. The van der Waals surface area contributed by atoms with Gasteiger partial charge in [0.25, 0.3) is 5.91 Å². The van der Waals surface area contributed by atoms with Gasteiger partial charge in [-0.15, -0.1) is 0 Å². The van der Waals surface area contributed by atoms with Crippen LogP contribution in [-0.4, -0.2) is 19.1 Å². The Bertz CT molecular complexity index is 679. The topological polar surface area (TPSA) is 38.3 Å². The van der Waals surface area contributed by atoms with Crippen LogP contribution in [-0.2, 0) is 6.42 Å². The Hall–Kier alpha value is -2.29. The number of rotatable bonds is 8. The Balaban J connectivity index is 1.82. The summed E-state index contributed by atoms with van der Waals surface area (Å²) in [6.07, 6.45) is 2.79. The fourth-order valence-electron chi connectivity index (χ4n) is 2.53. The SMILES string of the molecule is CCCOc1ccccc1CCCNC(=O)c1ccc(C)c(C)c1. The molecule has 0 aromatic heterocycles. The summed E-state index contributed by atoms with van der Waals surface area (Å²) in [5, 5.41) is 3.00. The van der Waals surface area contributed by atoms with Crippen molar-refractivity contribution >= 4 is 5.91 Å². The highest BCUT2D eigenvalue weighted by Gasteiger charge is 2.07. The molecule has 0 bridgehead atoms. The largest absolute Gasteiger partial charge is 0.493 e. The lowest BCUT2D eigenvalue weighted by atomic mass is 10.1. The maximum absolute atomic E-state index is 12.2. The Kier molecular flexibility index (Phi) is 6.86. The smallest absolute Gasteiger partial charge is 0.251 e. The molecule has 0 aliphatic heterocycles. The molecular formula is C21H27NO2. The monoisotopic (exact) mass is 325 g/mol. The molecule has 0 spiro atoms. The number of ether oxygens (including phenoxy) is 1. The third-order valence-corrected chi connectivity index (χ3v) is 4.11. The van der Waals surface area contributed by atoms with Crippen molar-refractivity contribution in [3.63, 3.8) is 0 Å². The van der Waals surface area contributed by atoms with Gasteiger partial charge in [0, 0.05) is 12.1 Å². The van der Waals surface area contributed by atoms with Crippen LogP contribution in [0.2, 0.25) is 0 Å². The summed E-state index contributed by atoms with van der Waals surface area (Å²) < 4.78 is 5.77. The number of hydrogen-bond acceptors (Lipinski definition) is 2. The fourth-order valence-corrected chi connectivity index (χ4v) is 2.53. The molecule has 0 atom stereocenters. The number of hydrogen-bond donors (Lipinski definition) is 1. The number of carbonyl (C=O) groups is 1. The molecule has 0 aliphatic carbocycles. The molecule has 2 aromatic carbocycles. The minimum atomic E-state index is -0.00591. The van der Waals surface area contributed by atoms with Gasteiger partial charge in [-0.1, -0.05) is 31.2 Å². The molecular weight excluding hydrogens is 298 g/mol. The normalized spacial score (nSPS) is 10.5. The second-order valence-electron chi connectivity index (χ2n) is 6.11. The second-order valence-corrected chi connectivity index (χ2v) is 6.11. The Morgan fingerprint density at radius 3 is 2.62 bits per heavy atom. The van der Waals surface area contributed by atoms with E-state index in [0.29, 0.717) is 6.54 Å². The van der Waals surface area contributed by atoms with Gasteiger partial charge < -0.3 is 10.1 Å². The minimum Gasteiger partial charge on any atom is -0.493 e. The predicted molar refractivity (Wildman–Crippen MR) is 98.8 cm³/mol. The third-order valence-electron chi connectivity index (χ3n) is 4.11. The first-order valence-electron chi connectivity index (χ1n) is 8.68. The Morgan fingerprint density at radius 2 is 1.88 bits per heavy atom. The first-order chi connectivity index (χ1) is 11.6. The van der Waals surface area contributed by atoms with Gasteiger partial charge in [0.2, 0.25) is 0 Å². The molecule has 2 rings (SSSR count). The zero-order valence-corrected chi connectivity index (χ0v) is 14.9. The van der Waals surface area contributed by atoms with Crippen molar-refractivity contribution in [1.29, 1.82) is 0 Å². The zero-order chi connectivity index (χ0) is 17.4. The van der Waals surface area contributed by atoms with E-state index in [1.54, 1.807) is 0 Å². The molecule has 1 amide bonds. The van der Waals surface area contributed by atoms with Crippen LogP contribution in [0, 0.1) is 13.8 Å². The fraction of sp³-hybridized carbons (Fsp3) is 0.381. The summed E-state index contributed by atoms with van der Waals surface area (Å²) >= 11 is 0. The van der Waals surface area contributed by atoms with Crippen molar-refractivity contribution < 1.29 is 9.53 Å². The highest BCUT2D eigenvalue weighted by Crippen LogP contribution is 2.19. The van der Waals surface area contributed by atoms with E-state index < -0.39 is 0 Å². The molecule has 3 heteroatoms. The Labute approximate surface area is 145 Å². The van der Waals surface area contributed by atoms with E-state index in [0.717, 1.165) is 42.7 Å². The average Bonchev–Trinajstić information content (AvgIpc) is 2.60. The zero-order valence-electron chi connectivity index (χ0n) is 14.9. The van der Waals surface area contributed by atoms with Crippen LogP contribution >= 0.6 is 0 Å². The maximum Gasteiger partial charge on any atom is 0.251 e. The first-order valence-corrected chi connectivity index (χ1v) is 8.68. The minimum absolute atomic E-state index is 0.00591. The molecule has 3 nitrogen and oxygen atoms in total. The van der Waals surface area contributed by atoms with Crippen LogP contribution in [0.4, 0.5) is 0 Å². The molecule has 24 heavy (non-hydrogen) atoms. The van der Waals surface area contributed by atoms with E-state index in [9.17, 15) is 4.79 Å². The van der Waals surface area contributed by atoms with E-state index in [-0.39, 0.29) is 5.91 Å². The maximum atomic E-state index is 12.2. The van der Waals surface area contributed by atoms with Gasteiger partial charge in [-0.05, 0) is 68.0 Å². The van der Waals surface area contributed by atoms with Crippen molar-refractivity contribution in [3.05, 3.63) is 64.7 Å². The van der Waals surface area contributed by atoms with Gasteiger partial charge in [-0.3, -0.25) is 4.79 Å². The van der Waals surface area contributed by atoms with E-state index in [1.807, 2.05) is 43.3 Å². The summed E-state index contributed by atoms with van der Waals surface area (Å²) in [5.74, 6) is 0.952. The molecule has 0 fully saturated rings.